The van der Waals surface area contributed by atoms with E-state index < -0.39 is 0 Å². The Kier molecular flexibility index (Phi) is 3.85. The van der Waals surface area contributed by atoms with Crippen LogP contribution in [-0.2, 0) is 9.53 Å². The number of benzene rings is 1. The monoisotopic (exact) mass is 276 g/mol. The largest absolute Gasteiger partial charge is 0.466 e. The Balaban J connectivity index is 2.49. The maximum absolute atomic E-state index is 11.9. The molecule has 0 amide bonds. The molecule has 1 aromatic carbocycles. The number of carbonyl (C=O) groups excluding carboxylic acids is 1. The van der Waals surface area contributed by atoms with Crippen LogP contribution in [0.15, 0.2) is 35.5 Å². The van der Waals surface area contributed by atoms with Crippen LogP contribution in [0.25, 0.3) is 0 Å². The van der Waals surface area contributed by atoms with Gasteiger partial charge in [0.15, 0.2) is 5.11 Å². The summed E-state index contributed by atoms with van der Waals surface area (Å²) in [5.41, 5.74) is 3.40. The van der Waals surface area contributed by atoms with Gasteiger partial charge in [-0.15, -0.1) is 0 Å². The third-order valence-electron chi connectivity index (χ3n) is 3.05. The molecular weight excluding hydrogens is 260 g/mol. The van der Waals surface area contributed by atoms with Gasteiger partial charge in [-0.05, 0) is 31.6 Å². The third-order valence-corrected chi connectivity index (χ3v) is 3.27. The minimum Gasteiger partial charge on any atom is -0.466 e. The van der Waals surface area contributed by atoms with E-state index >= 15 is 0 Å². The minimum absolute atomic E-state index is 0.277. The van der Waals surface area contributed by atoms with Crippen molar-refractivity contribution in [1.82, 2.24) is 10.6 Å². The molecule has 1 aliphatic heterocycles. The lowest BCUT2D eigenvalue weighted by atomic mass is 9.95. The number of ether oxygens (including phenoxy) is 1. The number of nitrogens with one attached hydrogen (secondary N) is 2. The van der Waals surface area contributed by atoms with Crippen molar-refractivity contribution in [3.8, 4) is 0 Å². The Morgan fingerprint density at radius 2 is 2.11 bits per heavy atom. The van der Waals surface area contributed by atoms with Gasteiger partial charge in [-0.3, -0.25) is 0 Å². The lowest BCUT2D eigenvalue weighted by Gasteiger charge is -2.29. The van der Waals surface area contributed by atoms with Gasteiger partial charge in [-0.25, -0.2) is 4.79 Å². The van der Waals surface area contributed by atoms with Crippen LogP contribution in [0.5, 0.6) is 0 Å². The summed E-state index contributed by atoms with van der Waals surface area (Å²) in [6, 6.07) is 7.69. The molecule has 0 aromatic heterocycles. The predicted molar refractivity (Wildman–Crippen MR) is 77.5 cm³/mol. The molecule has 4 nitrogen and oxygen atoms in total. The predicted octanol–water partition coefficient (Wildman–Crippen LogP) is 1.96. The molecule has 5 heteroatoms. The fraction of sp³-hybridized carbons (Fsp3) is 0.286. The van der Waals surface area contributed by atoms with E-state index in [1.54, 1.807) is 0 Å². The number of esters is 1. The Morgan fingerprint density at radius 1 is 1.37 bits per heavy atom. The van der Waals surface area contributed by atoms with Gasteiger partial charge < -0.3 is 15.4 Å². The first kappa shape index (κ1) is 13.5. The standard InChI is InChI=1S/C14H16N2O2S/c1-8-5-4-6-10(7-8)12-11(13(17)18-3)9(2)15-14(19)16-12/h4-7,12H,1-3H3,(H2,15,16,19). The fourth-order valence-corrected chi connectivity index (χ4v) is 2.45. The zero-order valence-electron chi connectivity index (χ0n) is 11.1. The maximum atomic E-state index is 11.9. The molecule has 0 aliphatic carbocycles. The molecule has 1 heterocycles. The molecule has 0 saturated carbocycles. The molecule has 1 aromatic rings. The zero-order valence-corrected chi connectivity index (χ0v) is 11.9. The van der Waals surface area contributed by atoms with E-state index in [2.05, 4.69) is 10.6 Å². The SMILES string of the molecule is COC(=O)C1=C(C)NC(=S)NC1c1cccc(C)c1. The highest BCUT2D eigenvalue weighted by Gasteiger charge is 2.30. The summed E-state index contributed by atoms with van der Waals surface area (Å²) in [6.07, 6.45) is 0. The molecule has 19 heavy (non-hydrogen) atoms. The van der Waals surface area contributed by atoms with Gasteiger partial charge in [-0.1, -0.05) is 29.8 Å². The van der Waals surface area contributed by atoms with Crippen LogP contribution in [0.3, 0.4) is 0 Å². The number of rotatable bonds is 2. The van der Waals surface area contributed by atoms with Crippen LogP contribution < -0.4 is 10.6 Å². The molecule has 1 unspecified atom stereocenters. The van der Waals surface area contributed by atoms with Crippen molar-refractivity contribution < 1.29 is 9.53 Å². The number of hydrogen-bond acceptors (Lipinski definition) is 3. The first-order chi connectivity index (χ1) is 9.02. The van der Waals surface area contributed by atoms with Crippen molar-refractivity contribution in [3.05, 3.63) is 46.7 Å². The van der Waals surface area contributed by atoms with E-state index in [1.807, 2.05) is 38.1 Å². The summed E-state index contributed by atoms with van der Waals surface area (Å²) in [7, 11) is 1.38. The second-order valence-electron chi connectivity index (χ2n) is 4.48. The molecule has 0 saturated heterocycles. The molecule has 1 aliphatic rings. The molecule has 2 rings (SSSR count). The summed E-state index contributed by atoms with van der Waals surface area (Å²) < 4.78 is 4.86. The van der Waals surface area contributed by atoms with Crippen LogP contribution in [0.4, 0.5) is 0 Å². The zero-order chi connectivity index (χ0) is 14.0. The minimum atomic E-state index is -0.355. The Morgan fingerprint density at radius 3 is 2.74 bits per heavy atom. The number of allylic oxidation sites excluding steroid dienone is 1. The molecule has 0 radical (unpaired) electrons. The summed E-state index contributed by atoms with van der Waals surface area (Å²) in [4.78, 5) is 11.9. The van der Waals surface area contributed by atoms with Crippen LogP contribution >= 0.6 is 12.2 Å². The molecule has 0 fully saturated rings. The highest BCUT2D eigenvalue weighted by molar-refractivity contribution is 7.80. The van der Waals surface area contributed by atoms with E-state index in [-0.39, 0.29) is 12.0 Å². The molecule has 0 spiro atoms. The van der Waals surface area contributed by atoms with Crippen molar-refractivity contribution in [1.29, 1.82) is 0 Å². The van der Waals surface area contributed by atoms with Crippen molar-refractivity contribution in [2.75, 3.05) is 7.11 Å². The van der Waals surface area contributed by atoms with Gasteiger partial charge in [0.1, 0.15) is 0 Å². The summed E-state index contributed by atoms with van der Waals surface area (Å²) in [5, 5.41) is 6.59. The van der Waals surface area contributed by atoms with E-state index in [1.165, 1.54) is 7.11 Å². The van der Waals surface area contributed by atoms with Crippen molar-refractivity contribution in [3.63, 3.8) is 0 Å². The average molecular weight is 276 g/mol. The van der Waals surface area contributed by atoms with Crippen LogP contribution in [0.1, 0.15) is 24.1 Å². The van der Waals surface area contributed by atoms with Gasteiger partial charge >= 0.3 is 5.97 Å². The number of aryl methyl sites for hydroxylation is 1. The number of methoxy groups -OCH3 is 1. The number of hydrogen-bond donors (Lipinski definition) is 2. The van der Waals surface area contributed by atoms with E-state index in [4.69, 9.17) is 17.0 Å². The summed E-state index contributed by atoms with van der Waals surface area (Å²) in [5.74, 6) is -0.355. The van der Waals surface area contributed by atoms with Crippen LogP contribution in [0, 0.1) is 6.92 Å². The first-order valence-corrected chi connectivity index (χ1v) is 6.37. The topological polar surface area (TPSA) is 50.4 Å². The van der Waals surface area contributed by atoms with Crippen LogP contribution in [0.2, 0.25) is 0 Å². The molecule has 1 atom stereocenters. The lowest BCUT2D eigenvalue weighted by molar-refractivity contribution is -0.136. The van der Waals surface area contributed by atoms with E-state index in [0.717, 1.165) is 16.8 Å². The number of thiocarbonyl (C=S) groups is 1. The van der Waals surface area contributed by atoms with E-state index in [0.29, 0.717) is 10.7 Å². The molecule has 100 valence electrons. The second-order valence-corrected chi connectivity index (χ2v) is 4.88. The van der Waals surface area contributed by atoms with Gasteiger partial charge in [-0.2, -0.15) is 0 Å². The normalized spacial score (nSPS) is 18.7. The Hall–Kier alpha value is -1.88. The quantitative estimate of drug-likeness (QED) is 0.639. The fourth-order valence-electron chi connectivity index (χ4n) is 2.17. The first-order valence-electron chi connectivity index (χ1n) is 5.96. The Labute approximate surface area is 117 Å². The Bertz CT molecular complexity index is 566. The van der Waals surface area contributed by atoms with Crippen molar-refractivity contribution >= 4 is 23.3 Å². The molecule has 2 N–H and O–H groups in total. The van der Waals surface area contributed by atoms with Crippen molar-refractivity contribution in [2.45, 2.75) is 19.9 Å². The van der Waals surface area contributed by atoms with Gasteiger partial charge in [0.05, 0.1) is 18.7 Å². The summed E-state index contributed by atoms with van der Waals surface area (Å²) in [6.45, 7) is 3.83. The smallest absolute Gasteiger partial charge is 0.337 e. The molecule has 0 bridgehead atoms. The van der Waals surface area contributed by atoms with Gasteiger partial charge in [0.2, 0.25) is 0 Å². The number of carbonyl (C=O) groups is 1. The van der Waals surface area contributed by atoms with Crippen LogP contribution in [-0.4, -0.2) is 18.2 Å². The van der Waals surface area contributed by atoms with Crippen molar-refractivity contribution in [2.24, 2.45) is 0 Å². The molecular formula is C14H16N2O2S. The third kappa shape index (κ3) is 2.76. The maximum Gasteiger partial charge on any atom is 0.337 e. The van der Waals surface area contributed by atoms with E-state index in [9.17, 15) is 4.79 Å². The highest BCUT2D eigenvalue weighted by Crippen LogP contribution is 2.27. The summed E-state index contributed by atoms with van der Waals surface area (Å²) >= 11 is 5.16. The van der Waals surface area contributed by atoms with Gasteiger partial charge in [0, 0.05) is 5.70 Å². The van der Waals surface area contributed by atoms with Gasteiger partial charge in [0.25, 0.3) is 0 Å². The lowest BCUT2D eigenvalue weighted by Crippen LogP contribution is -2.45. The highest BCUT2D eigenvalue weighted by atomic mass is 32.1. The average Bonchev–Trinajstić information content (AvgIpc) is 2.37. The second kappa shape index (κ2) is 5.40.